The van der Waals surface area contributed by atoms with Crippen molar-refractivity contribution in [3.63, 3.8) is 0 Å². The van der Waals surface area contributed by atoms with E-state index in [1.165, 1.54) is 10.1 Å². The van der Waals surface area contributed by atoms with Gasteiger partial charge >= 0.3 is 11.7 Å². The Balaban J connectivity index is 0.784. The fourth-order valence-electron chi connectivity index (χ4n) is 10.0. The SMILES string of the molecule is CN1CCN([C@@H]2CCCN(c3cnc(C(N)=O)c(Nc4ccc(C5CCN(C[C@H]6CCN(c7ccc8c(c7)n(C)c(=O)n8C7CCC(=O)NC7=O)C6)CC5)cc4)n3)C2)C1=O. The highest BCUT2D eigenvalue weighted by Crippen LogP contribution is 2.33. The zero-order valence-electron chi connectivity index (χ0n) is 34.4. The quantitative estimate of drug-likeness (QED) is 0.200. The summed E-state index contributed by atoms with van der Waals surface area (Å²) < 4.78 is 3.13. The van der Waals surface area contributed by atoms with E-state index in [0.717, 1.165) is 101 Å². The number of hydrogen-bond donors (Lipinski definition) is 3. The van der Waals surface area contributed by atoms with Crippen molar-refractivity contribution in [2.75, 3.05) is 81.1 Å². The van der Waals surface area contributed by atoms with Crippen molar-refractivity contribution in [1.29, 1.82) is 0 Å². The van der Waals surface area contributed by atoms with Gasteiger partial charge in [-0.15, -0.1) is 0 Å². The molecule has 60 heavy (non-hydrogen) atoms. The minimum Gasteiger partial charge on any atom is -0.371 e. The summed E-state index contributed by atoms with van der Waals surface area (Å²) in [5, 5.41) is 5.69. The minimum absolute atomic E-state index is 0.0664. The van der Waals surface area contributed by atoms with Crippen LogP contribution in [-0.2, 0) is 16.6 Å². The second-order valence-corrected chi connectivity index (χ2v) is 17.2. The van der Waals surface area contributed by atoms with Gasteiger partial charge in [0.05, 0.1) is 23.3 Å². The van der Waals surface area contributed by atoms with E-state index in [4.69, 9.17) is 10.7 Å². The molecular formula is C43H54N12O5. The molecule has 1 unspecified atom stereocenters. The Morgan fingerprint density at radius 3 is 2.40 bits per heavy atom. The summed E-state index contributed by atoms with van der Waals surface area (Å²) in [4.78, 5) is 82.8. The van der Waals surface area contributed by atoms with Gasteiger partial charge in [0.25, 0.3) is 5.91 Å². The molecule has 0 radical (unpaired) electrons. The van der Waals surface area contributed by atoms with Crippen LogP contribution in [-0.4, -0.2) is 130 Å². The summed E-state index contributed by atoms with van der Waals surface area (Å²) in [5.74, 6) is 0.591. The zero-order chi connectivity index (χ0) is 41.7. The summed E-state index contributed by atoms with van der Waals surface area (Å²) in [6, 6.07) is 13.9. The number of nitrogens with zero attached hydrogens (tertiary/aromatic N) is 9. The number of benzene rings is 2. The van der Waals surface area contributed by atoms with Crippen LogP contribution in [0.4, 0.5) is 27.8 Å². The number of likely N-dealkylation sites (tertiary alicyclic amines) is 1. The first kappa shape index (κ1) is 39.5. The molecule has 9 rings (SSSR count). The van der Waals surface area contributed by atoms with E-state index in [9.17, 15) is 24.0 Å². The Bertz CT molecular complexity index is 2370. The molecule has 0 spiro atoms. The Hall–Kier alpha value is -5.97. The van der Waals surface area contributed by atoms with Crippen molar-refractivity contribution in [2.45, 2.75) is 62.9 Å². The molecule has 2 aromatic carbocycles. The molecule has 17 nitrogen and oxygen atoms in total. The Morgan fingerprint density at radius 1 is 0.867 bits per heavy atom. The standard InChI is InChI=1S/C43H54N12O5/c1-49-20-21-54(42(49)59)32-4-3-16-53(26-32)36-23-45-38(39(44)57)40(47-36)46-30-7-5-28(6-8-30)29-14-17-51(18-15-29)24-27-13-19-52(25-27)31-9-10-33-35(22-31)50(2)43(60)55(33)34-11-12-37(56)48-41(34)58/h5-10,22-23,27,29,32,34H,3-4,11-21,24-26H2,1-2H3,(H2,44,57)(H,46,47)(H,48,56,58)/t27-,32-,34?/m1/s1. The maximum Gasteiger partial charge on any atom is 0.329 e. The van der Waals surface area contributed by atoms with Crippen molar-refractivity contribution < 1.29 is 19.2 Å². The van der Waals surface area contributed by atoms with Crippen LogP contribution in [0.3, 0.4) is 0 Å². The highest BCUT2D eigenvalue weighted by atomic mass is 16.2. The summed E-state index contributed by atoms with van der Waals surface area (Å²) >= 11 is 0. The van der Waals surface area contributed by atoms with Gasteiger partial charge in [-0.25, -0.2) is 19.6 Å². The topological polar surface area (TPSA) is 187 Å². The van der Waals surface area contributed by atoms with Crippen molar-refractivity contribution in [2.24, 2.45) is 18.7 Å². The van der Waals surface area contributed by atoms with E-state index in [1.807, 2.05) is 36.2 Å². The van der Waals surface area contributed by atoms with Crippen molar-refractivity contribution in [3.05, 3.63) is 70.4 Å². The first-order valence-electron chi connectivity index (χ1n) is 21.3. The lowest BCUT2D eigenvalue weighted by molar-refractivity contribution is -0.135. The van der Waals surface area contributed by atoms with Crippen LogP contribution in [0, 0.1) is 5.92 Å². The largest absolute Gasteiger partial charge is 0.371 e. The van der Waals surface area contributed by atoms with E-state index >= 15 is 0 Å². The molecule has 7 heterocycles. The molecule has 5 saturated heterocycles. The van der Waals surface area contributed by atoms with Crippen LogP contribution in [0.5, 0.6) is 0 Å². The summed E-state index contributed by atoms with van der Waals surface area (Å²) in [7, 11) is 3.57. The van der Waals surface area contributed by atoms with E-state index in [2.05, 4.69) is 48.5 Å². The van der Waals surface area contributed by atoms with E-state index in [0.29, 0.717) is 42.0 Å². The molecule has 4 N–H and O–H groups in total. The lowest BCUT2D eigenvalue weighted by Crippen LogP contribution is -2.49. The summed E-state index contributed by atoms with van der Waals surface area (Å²) in [5.41, 5.74) is 10.2. The van der Waals surface area contributed by atoms with Crippen LogP contribution in [0.15, 0.2) is 53.5 Å². The number of hydrogen-bond acceptors (Lipinski definition) is 11. The number of amides is 5. The minimum atomic E-state index is -0.693. The molecule has 3 atom stereocenters. The molecule has 0 bridgehead atoms. The van der Waals surface area contributed by atoms with Gasteiger partial charge in [0, 0.05) is 77.7 Å². The number of imide groups is 1. The van der Waals surface area contributed by atoms with Gasteiger partial charge in [-0.2, -0.15) is 0 Å². The third kappa shape index (κ3) is 7.66. The van der Waals surface area contributed by atoms with Gasteiger partial charge in [0.15, 0.2) is 11.5 Å². The number of imidazole rings is 1. The number of rotatable bonds is 10. The maximum atomic E-state index is 13.3. The number of nitrogens with one attached hydrogen (secondary N) is 2. The molecule has 5 aliphatic rings. The molecule has 5 fully saturated rings. The predicted molar refractivity (Wildman–Crippen MR) is 228 cm³/mol. The highest BCUT2D eigenvalue weighted by Gasteiger charge is 2.36. The number of likely N-dealkylation sites (N-methyl/N-ethyl adjacent to an activating group) is 1. The predicted octanol–water partition coefficient (Wildman–Crippen LogP) is 2.99. The Morgan fingerprint density at radius 2 is 1.67 bits per heavy atom. The Kier molecular flexibility index (Phi) is 10.7. The molecular weight excluding hydrogens is 765 g/mol. The van der Waals surface area contributed by atoms with Crippen LogP contribution in [0.25, 0.3) is 11.0 Å². The molecule has 17 heteroatoms. The Labute approximate surface area is 348 Å². The molecule has 5 aliphatic heterocycles. The lowest BCUT2D eigenvalue weighted by Gasteiger charge is -2.37. The van der Waals surface area contributed by atoms with Crippen molar-refractivity contribution in [1.82, 2.24) is 39.1 Å². The smallest absolute Gasteiger partial charge is 0.329 e. The third-order valence-electron chi connectivity index (χ3n) is 13.4. The fourth-order valence-corrected chi connectivity index (χ4v) is 10.0. The van der Waals surface area contributed by atoms with Crippen LogP contribution in [0.2, 0.25) is 0 Å². The molecule has 2 aromatic heterocycles. The number of piperidine rings is 3. The molecule has 5 amide bonds. The second-order valence-electron chi connectivity index (χ2n) is 17.2. The summed E-state index contributed by atoms with van der Waals surface area (Å²) in [6.07, 6.45) is 7.25. The number of carbonyl (C=O) groups is 4. The second kappa shape index (κ2) is 16.2. The lowest BCUT2D eigenvalue weighted by atomic mass is 9.89. The van der Waals surface area contributed by atoms with E-state index in [1.54, 1.807) is 22.7 Å². The molecule has 0 saturated carbocycles. The van der Waals surface area contributed by atoms with E-state index < -0.39 is 17.9 Å². The number of anilines is 4. The van der Waals surface area contributed by atoms with Gasteiger partial charge in [0.2, 0.25) is 11.8 Å². The zero-order valence-corrected chi connectivity index (χ0v) is 34.4. The number of carbonyl (C=O) groups excluding carboxylic acids is 4. The van der Waals surface area contributed by atoms with Gasteiger partial charge < -0.3 is 35.6 Å². The number of nitrogens with two attached hydrogens (primary N) is 1. The normalized spacial score (nSPS) is 23.2. The van der Waals surface area contributed by atoms with Crippen LogP contribution >= 0.6 is 0 Å². The highest BCUT2D eigenvalue weighted by molar-refractivity contribution is 6.00. The van der Waals surface area contributed by atoms with Crippen molar-refractivity contribution in [3.8, 4) is 0 Å². The number of aryl methyl sites for hydroxylation is 1. The molecule has 316 valence electrons. The third-order valence-corrected chi connectivity index (χ3v) is 13.4. The number of primary amides is 1. The molecule has 0 aliphatic carbocycles. The monoisotopic (exact) mass is 818 g/mol. The number of urea groups is 1. The average Bonchev–Trinajstić information content (AvgIpc) is 3.93. The van der Waals surface area contributed by atoms with Crippen LogP contribution < -0.4 is 31.9 Å². The van der Waals surface area contributed by atoms with E-state index in [-0.39, 0.29) is 35.8 Å². The average molecular weight is 819 g/mol. The van der Waals surface area contributed by atoms with Crippen LogP contribution in [0.1, 0.15) is 73.0 Å². The fraction of sp³-hybridized carbons (Fsp3) is 0.512. The molecule has 4 aromatic rings. The maximum absolute atomic E-state index is 13.3. The van der Waals surface area contributed by atoms with Crippen molar-refractivity contribution >= 4 is 57.8 Å². The van der Waals surface area contributed by atoms with Gasteiger partial charge in [0.1, 0.15) is 11.9 Å². The number of fused-ring (bicyclic) bond motifs is 1. The first-order chi connectivity index (χ1) is 29.0. The first-order valence-corrected chi connectivity index (χ1v) is 21.3. The van der Waals surface area contributed by atoms with Gasteiger partial charge in [-0.1, -0.05) is 12.1 Å². The van der Waals surface area contributed by atoms with Gasteiger partial charge in [-0.05, 0) is 99.3 Å². The summed E-state index contributed by atoms with van der Waals surface area (Å²) in [6.45, 7) is 7.92. The van der Waals surface area contributed by atoms with Gasteiger partial charge in [-0.3, -0.25) is 28.8 Å². The number of aromatic nitrogens is 4.